The topological polar surface area (TPSA) is 39.1 Å². The second kappa shape index (κ2) is 13.3. The molecule has 6 nitrogen and oxygen atoms in total. The van der Waals surface area contributed by atoms with Crippen LogP contribution in [0.3, 0.4) is 0 Å². The summed E-state index contributed by atoms with van der Waals surface area (Å²) in [6, 6.07) is 0. The first-order valence-electron chi connectivity index (χ1n) is 11.2. The van der Waals surface area contributed by atoms with Crippen LogP contribution in [-0.2, 0) is 17.1 Å². The molecule has 0 spiro atoms. The molecule has 0 bridgehead atoms. The molecule has 35 heavy (non-hydrogen) atoms. The third kappa shape index (κ3) is 6.58. The Morgan fingerprint density at radius 1 is 0.771 bits per heavy atom. The maximum absolute atomic E-state index is 4.39. The van der Waals surface area contributed by atoms with Crippen LogP contribution in [0.15, 0.2) is 94.4 Å². The number of hydrogen-bond acceptors (Lipinski definition) is 7. The summed E-state index contributed by atoms with van der Waals surface area (Å²) >= 11 is 3.42. The van der Waals surface area contributed by atoms with Gasteiger partial charge in [-0.1, -0.05) is 48.2 Å². The fraction of sp³-hybridized carbons (Fsp3) is 0.308. The van der Waals surface area contributed by atoms with Crippen molar-refractivity contribution in [2.75, 3.05) is 12.5 Å². The number of hydrogen-bond donors (Lipinski definition) is 1. The van der Waals surface area contributed by atoms with Crippen LogP contribution in [-0.4, -0.2) is 30.9 Å². The third-order valence-electron chi connectivity index (χ3n) is 6.12. The van der Waals surface area contributed by atoms with E-state index in [0.29, 0.717) is 0 Å². The van der Waals surface area contributed by atoms with Crippen molar-refractivity contribution in [3.63, 3.8) is 0 Å². The second-order valence-corrected chi connectivity index (χ2v) is 9.51. The largest absolute Gasteiger partial charge is 3.00 e. The Kier molecular flexibility index (Phi) is 11.1. The first-order chi connectivity index (χ1) is 16.3. The van der Waals surface area contributed by atoms with Gasteiger partial charge in [0.25, 0.3) is 0 Å². The van der Waals surface area contributed by atoms with Gasteiger partial charge in [-0.15, -0.1) is 19.0 Å². The molecule has 0 unspecified atom stereocenters. The molecule has 0 saturated heterocycles. The van der Waals surface area contributed by atoms with Crippen molar-refractivity contribution in [1.29, 1.82) is 0 Å². The van der Waals surface area contributed by atoms with Crippen LogP contribution in [0.2, 0.25) is 0 Å². The summed E-state index contributed by atoms with van der Waals surface area (Å²) in [4.78, 5) is 4.41. The van der Waals surface area contributed by atoms with Gasteiger partial charge in [0, 0.05) is 34.7 Å². The Bertz CT molecular complexity index is 952. The van der Waals surface area contributed by atoms with E-state index in [1.165, 1.54) is 28.5 Å². The predicted molar refractivity (Wildman–Crippen MR) is 148 cm³/mol. The summed E-state index contributed by atoms with van der Waals surface area (Å²) in [6.45, 7) is 17.0. The molecule has 189 valence electrons. The van der Waals surface area contributed by atoms with Gasteiger partial charge in [-0.25, -0.2) is 0 Å². The summed E-state index contributed by atoms with van der Waals surface area (Å²) in [5.41, 5.74) is 9.59. The van der Waals surface area contributed by atoms with Crippen LogP contribution in [0.1, 0.15) is 41.5 Å². The maximum atomic E-state index is 4.39. The monoisotopic (exact) mass is 551 g/mol. The van der Waals surface area contributed by atoms with E-state index >= 15 is 0 Å². The van der Waals surface area contributed by atoms with Crippen molar-refractivity contribution in [3.8, 4) is 0 Å². The Morgan fingerprint density at radius 2 is 1.31 bits per heavy atom. The van der Waals surface area contributed by atoms with Gasteiger partial charge in [-0.2, -0.15) is 6.20 Å². The first-order valence-corrected chi connectivity index (χ1v) is 13.5. The number of rotatable bonds is 4. The molecular formula is C26H35FeN6S2. The average molecular weight is 552 g/mol. The van der Waals surface area contributed by atoms with Gasteiger partial charge in [0.1, 0.15) is 0 Å². The van der Waals surface area contributed by atoms with Gasteiger partial charge in [0.05, 0.1) is 5.70 Å². The minimum atomic E-state index is 0. The standard InChI is InChI=1S/C13H18N3S.C13H17N3S.Fe/c2*1-10-11(2)16(17-4)9-15(10)12(3)13-7-5-6-8-14-13;/h5-9,14H,1-4H3;5-9H,1-4H3;/q-1;-2;+3/b2*13-12-;. The van der Waals surface area contributed by atoms with Crippen LogP contribution >= 0.6 is 23.9 Å². The molecule has 0 atom stereocenters. The molecule has 0 aromatic heterocycles. The molecule has 0 aliphatic carbocycles. The van der Waals surface area contributed by atoms with Gasteiger partial charge in [0.2, 0.25) is 0 Å². The SMILES string of the molecule is CSN1[CH-]N(/C(C)=C2/C=CC=CN2)C(C)=C1C.CSN1[CH-]N(/C(C)=C2/C=CC=C[N-]2)C(C)=C1C.[Fe+3]. The maximum Gasteiger partial charge on any atom is 3.00 e. The van der Waals surface area contributed by atoms with Gasteiger partial charge < -0.3 is 29.0 Å². The van der Waals surface area contributed by atoms with Crippen LogP contribution in [0.5, 0.6) is 0 Å². The number of nitrogens with one attached hydrogen (secondary N) is 1. The zero-order valence-electron chi connectivity index (χ0n) is 21.7. The minimum Gasteiger partial charge on any atom is -0.663 e. The Hall–Kier alpha value is -2.06. The number of allylic oxidation sites excluding steroid dienone is 12. The van der Waals surface area contributed by atoms with Crippen molar-refractivity contribution in [1.82, 2.24) is 23.7 Å². The molecule has 0 amide bonds. The van der Waals surface area contributed by atoms with Crippen molar-refractivity contribution >= 4 is 23.9 Å². The molecule has 0 fully saturated rings. The fourth-order valence-electron chi connectivity index (χ4n) is 3.72. The van der Waals surface area contributed by atoms with Crippen LogP contribution in [0, 0.1) is 13.3 Å². The Morgan fingerprint density at radius 3 is 1.74 bits per heavy atom. The average Bonchev–Trinajstić information content (AvgIpc) is 3.34. The molecule has 4 aliphatic heterocycles. The van der Waals surface area contributed by atoms with E-state index in [0.717, 1.165) is 17.1 Å². The van der Waals surface area contributed by atoms with E-state index in [1.807, 2.05) is 42.8 Å². The molecule has 1 radical (unpaired) electrons. The molecule has 4 aliphatic rings. The zero-order chi connectivity index (χ0) is 24.8. The van der Waals surface area contributed by atoms with Gasteiger partial charge >= 0.3 is 17.1 Å². The van der Waals surface area contributed by atoms with Crippen LogP contribution in [0.25, 0.3) is 5.32 Å². The van der Waals surface area contributed by atoms with Crippen molar-refractivity contribution < 1.29 is 17.1 Å². The van der Waals surface area contributed by atoms with Gasteiger partial charge in [-0.3, -0.25) is 0 Å². The second-order valence-electron chi connectivity index (χ2n) is 7.99. The van der Waals surface area contributed by atoms with Gasteiger partial charge in [-0.05, 0) is 71.9 Å². The summed E-state index contributed by atoms with van der Waals surface area (Å²) in [5.74, 6) is 0. The molecule has 4 heterocycles. The third-order valence-corrected chi connectivity index (χ3v) is 7.65. The minimum absolute atomic E-state index is 0. The van der Waals surface area contributed by atoms with Crippen molar-refractivity contribution in [2.45, 2.75) is 41.5 Å². The van der Waals surface area contributed by atoms with E-state index in [4.69, 9.17) is 0 Å². The first kappa shape index (κ1) is 29.2. The Labute approximate surface area is 231 Å². The van der Waals surface area contributed by atoms with Crippen molar-refractivity contribution in [2.24, 2.45) is 0 Å². The summed E-state index contributed by atoms with van der Waals surface area (Å²) < 4.78 is 4.35. The van der Waals surface area contributed by atoms with E-state index in [1.54, 1.807) is 23.9 Å². The molecule has 0 aromatic rings. The number of dihydropyridines is 1. The van der Waals surface area contributed by atoms with E-state index in [2.05, 4.69) is 103 Å². The molecule has 0 saturated carbocycles. The normalized spacial score (nSPS) is 21.7. The van der Waals surface area contributed by atoms with Crippen LogP contribution < -0.4 is 5.32 Å². The smallest absolute Gasteiger partial charge is 0.663 e. The van der Waals surface area contributed by atoms with Crippen LogP contribution in [0.4, 0.5) is 0 Å². The predicted octanol–water partition coefficient (Wildman–Crippen LogP) is 7.10. The summed E-state index contributed by atoms with van der Waals surface area (Å²) in [7, 11) is 0. The molecule has 1 N–H and O–H groups in total. The van der Waals surface area contributed by atoms with Crippen molar-refractivity contribution in [3.05, 3.63) is 113 Å². The molecule has 4 rings (SSSR count). The van der Waals surface area contributed by atoms with E-state index < -0.39 is 0 Å². The summed E-state index contributed by atoms with van der Waals surface area (Å²) in [5, 5.41) is 7.65. The molecular weight excluding hydrogens is 516 g/mol. The fourth-order valence-corrected chi connectivity index (χ4v) is 4.91. The van der Waals surface area contributed by atoms with E-state index in [9.17, 15) is 0 Å². The van der Waals surface area contributed by atoms with Gasteiger partial charge in [0.15, 0.2) is 0 Å². The van der Waals surface area contributed by atoms with E-state index in [-0.39, 0.29) is 17.1 Å². The quantitative estimate of drug-likeness (QED) is 0.227. The molecule has 0 aromatic carbocycles. The zero-order valence-corrected chi connectivity index (χ0v) is 24.4. The molecule has 9 heteroatoms. The summed E-state index contributed by atoms with van der Waals surface area (Å²) in [6.07, 6.45) is 20.1. The number of nitrogens with zero attached hydrogens (tertiary/aromatic N) is 5. The Balaban J connectivity index is 0.000000240.